The zero-order valence-electron chi connectivity index (χ0n) is 14.4. The Bertz CT molecular complexity index is 688. The van der Waals surface area contributed by atoms with Gasteiger partial charge in [0.1, 0.15) is 11.9 Å². The Morgan fingerprint density at radius 3 is 2.72 bits per heavy atom. The van der Waals surface area contributed by atoms with Crippen molar-refractivity contribution in [3.63, 3.8) is 0 Å². The highest BCUT2D eigenvalue weighted by Gasteiger charge is 2.24. The number of carbonyl (C=O) groups excluding carboxylic acids is 1. The number of ether oxygens (including phenoxy) is 1. The van der Waals surface area contributed by atoms with E-state index in [0.29, 0.717) is 18.1 Å². The molecule has 1 aliphatic heterocycles. The van der Waals surface area contributed by atoms with Crippen LogP contribution < -0.4 is 4.74 Å². The fourth-order valence-electron chi connectivity index (χ4n) is 2.82. The Hall–Kier alpha value is -2.08. The average Bonchev–Trinajstić information content (AvgIpc) is 2.63. The highest BCUT2D eigenvalue weighted by molar-refractivity contribution is 7.99. The summed E-state index contributed by atoms with van der Waals surface area (Å²) in [6, 6.07) is 12.0. The molecule has 0 saturated carbocycles. The van der Waals surface area contributed by atoms with E-state index >= 15 is 0 Å². The summed E-state index contributed by atoms with van der Waals surface area (Å²) >= 11 is 1.73. The quantitative estimate of drug-likeness (QED) is 0.742. The van der Waals surface area contributed by atoms with Crippen molar-refractivity contribution in [1.82, 2.24) is 14.9 Å². The van der Waals surface area contributed by atoms with Crippen LogP contribution in [-0.2, 0) is 4.79 Å². The van der Waals surface area contributed by atoms with Gasteiger partial charge in [0.25, 0.3) is 0 Å². The standard InChI is InChI=1S/C19H23N3O2S/c1-15-20-11-7-18(21-15)24-16-8-12-22(13-9-16)19(23)10-14-25-17-5-3-2-4-6-17/h2-7,11,16H,8-10,12-14H2,1H3. The SMILES string of the molecule is Cc1nccc(OC2CCN(C(=O)CCSc3ccccc3)CC2)n1. The molecule has 0 unspecified atom stereocenters. The van der Waals surface area contributed by atoms with E-state index in [1.807, 2.05) is 30.0 Å². The van der Waals surface area contributed by atoms with E-state index in [2.05, 4.69) is 22.1 Å². The van der Waals surface area contributed by atoms with Gasteiger partial charge in [-0.1, -0.05) is 18.2 Å². The molecule has 0 radical (unpaired) electrons. The number of aryl methyl sites for hydroxylation is 1. The maximum absolute atomic E-state index is 12.3. The van der Waals surface area contributed by atoms with Gasteiger partial charge in [-0.25, -0.2) is 4.98 Å². The molecule has 0 N–H and O–H groups in total. The molecule has 1 aromatic carbocycles. The summed E-state index contributed by atoms with van der Waals surface area (Å²) in [4.78, 5) is 23.9. The number of aromatic nitrogens is 2. The maximum Gasteiger partial charge on any atom is 0.223 e. The third-order valence-corrected chi connectivity index (χ3v) is 5.17. The third kappa shape index (κ3) is 5.46. The lowest BCUT2D eigenvalue weighted by Gasteiger charge is -2.32. The van der Waals surface area contributed by atoms with Crippen molar-refractivity contribution in [3.05, 3.63) is 48.4 Å². The zero-order chi connectivity index (χ0) is 17.5. The van der Waals surface area contributed by atoms with Gasteiger partial charge in [0.05, 0.1) is 0 Å². The number of thioether (sulfide) groups is 1. The Morgan fingerprint density at radius 2 is 2.00 bits per heavy atom. The van der Waals surface area contributed by atoms with Crippen LogP contribution in [0.2, 0.25) is 0 Å². The van der Waals surface area contributed by atoms with E-state index in [9.17, 15) is 4.79 Å². The van der Waals surface area contributed by atoms with E-state index in [1.54, 1.807) is 24.0 Å². The summed E-state index contributed by atoms with van der Waals surface area (Å²) < 4.78 is 5.91. The summed E-state index contributed by atoms with van der Waals surface area (Å²) in [6.45, 7) is 3.36. The van der Waals surface area contributed by atoms with Crippen molar-refractivity contribution in [2.75, 3.05) is 18.8 Å². The minimum absolute atomic E-state index is 0.122. The summed E-state index contributed by atoms with van der Waals surface area (Å²) in [5.41, 5.74) is 0. The molecule has 132 valence electrons. The third-order valence-electron chi connectivity index (χ3n) is 4.16. The fraction of sp³-hybridized carbons (Fsp3) is 0.421. The van der Waals surface area contributed by atoms with Crippen molar-refractivity contribution in [2.24, 2.45) is 0 Å². The molecule has 2 aromatic rings. The van der Waals surface area contributed by atoms with Crippen molar-refractivity contribution in [3.8, 4) is 5.88 Å². The zero-order valence-corrected chi connectivity index (χ0v) is 15.2. The van der Waals surface area contributed by atoms with E-state index in [4.69, 9.17) is 4.74 Å². The average molecular weight is 357 g/mol. The van der Waals surface area contributed by atoms with Crippen LogP contribution in [0.1, 0.15) is 25.1 Å². The molecule has 6 heteroatoms. The number of rotatable bonds is 6. The van der Waals surface area contributed by atoms with Crippen LogP contribution in [0.15, 0.2) is 47.5 Å². The van der Waals surface area contributed by atoms with Gasteiger partial charge in [0.2, 0.25) is 11.8 Å². The Balaban J connectivity index is 1.38. The molecule has 2 heterocycles. The molecular formula is C19H23N3O2S. The molecule has 3 rings (SSSR count). The largest absolute Gasteiger partial charge is 0.474 e. The predicted molar refractivity (Wildman–Crippen MR) is 98.8 cm³/mol. The van der Waals surface area contributed by atoms with Gasteiger partial charge >= 0.3 is 0 Å². The highest BCUT2D eigenvalue weighted by atomic mass is 32.2. The van der Waals surface area contributed by atoms with Gasteiger partial charge in [0.15, 0.2) is 0 Å². The topological polar surface area (TPSA) is 55.3 Å². The van der Waals surface area contributed by atoms with Crippen LogP contribution in [0.5, 0.6) is 5.88 Å². The first-order valence-electron chi connectivity index (χ1n) is 8.62. The molecule has 1 fully saturated rings. The summed E-state index contributed by atoms with van der Waals surface area (Å²) in [7, 11) is 0. The number of piperidine rings is 1. The van der Waals surface area contributed by atoms with Crippen molar-refractivity contribution < 1.29 is 9.53 Å². The summed E-state index contributed by atoms with van der Waals surface area (Å²) in [5.74, 6) is 2.39. The van der Waals surface area contributed by atoms with Gasteiger partial charge in [-0.05, 0) is 19.1 Å². The fourth-order valence-corrected chi connectivity index (χ4v) is 3.69. The van der Waals surface area contributed by atoms with Gasteiger partial charge in [-0.2, -0.15) is 4.98 Å². The molecule has 1 saturated heterocycles. The van der Waals surface area contributed by atoms with E-state index in [1.165, 1.54) is 4.90 Å². The van der Waals surface area contributed by atoms with Crippen molar-refractivity contribution >= 4 is 17.7 Å². The lowest BCUT2D eigenvalue weighted by Crippen LogP contribution is -2.42. The smallest absolute Gasteiger partial charge is 0.223 e. The van der Waals surface area contributed by atoms with E-state index < -0.39 is 0 Å². The molecule has 1 aliphatic rings. The second-order valence-corrected chi connectivity index (χ2v) is 7.22. The number of benzene rings is 1. The Labute approximate surface area is 152 Å². The van der Waals surface area contributed by atoms with Crippen LogP contribution in [0.4, 0.5) is 0 Å². The van der Waals surface area contributed by atoms with Gasteiger partial charge in [-0.15, -0.1) is 11.8 Å². The van der Waals surface area contributed by atoms with Gasteiger partial charge in [0, 0.05) is 55.3 Å². The first kappa shape index (κ1) is 17.7. The lowest BCUT2D eigenvalue weighted by atomic mass is 10.1. The molecule has 1 aromatic heterocycles. The van der Waals surface area contributed by atoms with Crippen molar-refractivity contribution in [1.29, 1.82) is 0 Å². The van der Waals surface area contributed by atoms with Crippen LogP contribution in [0, 0.1) is 6.92 Å². The number of hydrogen-bond donors (Lipinski definition) is 0. The molecular weight excluding hydrogens is 334 g/mol. The minimum atomic E-state index is 0.122. The van der Waals surface area contributed by atoms with Gasteiger partial charge in [-0.3, -0.25) is 4.79 Å². The number of amides is 1. The maximum atomic E-state index is 12.3. The Kier molecular flexibility index (Phi) is 6.28. The first-order valence-corrected chi connectivity index (χ1v) is 9.61. The second kappa shape index (κ2) is 8.85. The normalized spacial score (nSPS) is 15.2. The molecule has 1 amide bonds. The molecule has 25 heavy (non-hydrogen) atoms. The number of carbonyl (C=O) groups is 1. The highest BCUT2D eigenvalue weighted by Crippen LogP contribution is 2.20. The van der Waals surface area contributed by atoms with E-state index in [0.717, 1.165) is 31.7 Å². The number of likely N-dealkylation sites (tertiary alicyclic amines) is 1. The summed E-state index contributed by atoms with van der Waals surface area (Å²) in [6.07, 6.45) is 4.11. The van der Waals surface area contributed by atoms with Crippen molar-refractivity contribution in [2.45, 2.75) is 37.2 Å². The van der Waals surface area contributed by atoms with Crippen LogP contribution in [-0.4, -0.2) is 45.7 Å². The van der Waals surface area contributed by atoms with Crippen LogP contribution in [0.25, 0.3) is 0 Å². The molecule has 0 spiro atoms. The monoisotopic (exact) mass is 357 g/mol. The molecule has 0 bridgehead atoms. The minimum Gasteiger partial charge on any atom is -0.474 e. The molecule has 0 aliphatic carbocycles. The molecule has 0 atom stereocenters. The second-order valence-electron chi connectivity index (χ2n) is 6.05. The first-order chi connectivity index (χ1) is 12.2. The van der Waals surface area contributed by atoms with Crippen LogP contribution >= 0.6 is 11.8 Å². The number of hydrogen-bond acceptors (Lipinski definition) is 5. The summed E-state index contributed by atoms with van der Waals surface area (Å²) in [5, 5.41) is 0. The van der Waals surface area contributed by atoms with Gasteiger partial charge < -0.3 is 9.64 Å². The predicted octanol–water partition coefficient (Wildman–Crippen LogP) is 3.34. The van der Waals surface area contributed by atoms with Crippen LogP contribution in [0.3, 0.4) is 0 Å². The lowest BCUT2D eigenvalue weighted by molar-refractivity contribution is -0.132. The number of nitrogens with zero attached hydrogens (tertiary/aromatic N) is 3. The van der Waals surface area contributed by atoms with E-state index in [-0.39, 0.29) is 12.0 Å². The molecule has 5 nitrogen and oxygen atoms in total. The Morgan fingerprint density at radius 1 is 1.24 bits per heavy atom.